The number of amidine groups is 1. The van der Waals surface area contributed by atoms with Crippen molar-refractivity contribution in [1.82, 2.24) is 5.32 Å². The molecular formula is C15H16BrN3O2. The largest absolute Gasteiger partial charge is 0.319 e. The number of nitrogens with one attached hydrogen (secondary N) is 1. The van der Waals surface area contributed by atoms with Gasteiger partial charge in [-0.25, -0.2) is 0 Å². The van der Waals surface area contributed by atoms with Crippen molar-refractivity contribution in [3.63, 3.8) is 0 Å². The maximum atomic E-state index is 12.3. The molecule has 1 aromatic carbocycles. The number of hydrogen-bond acceptors (Lipinski definition) is 3. The molecule has 1 saturated carbocycles. The first kappa shape index (κ1) is 14.4. The predicted molar refractivity (Wildman–Crippen MR) is 82.9 cm³/mol. The van der Waals surface area contributed by atoms with E-state index in [4.69, 9.17) is 5.73 Å². The van der Waals surface area contributed by atoms with Gasteiger partial charge in [0.05, 0.1) is 5.54 Å². The number of carbonyl (C=O) groups is 2. The molecule has 0 aromatic heterocycles. The third kappa shape index (κ3) is 2.65. The molecular weight excluding hydrogens is 334 g/mol. The van der Waals surface area contributed by atoms with E-state index in [2.05, 4.69) is 26.2 Å². The maximum absolute atomic E-state index is 12.3. The molecule has 3 N–H and O–H groups in total. The fourth-order valence-electron chi connectivity index (χ4n) is 2.93. The van der Waals surface area contributed by atoms with Crippen LogP contribution in [0, 0.1) is 0 Å². The lowest BCUT2D eigenvalue weighted by molar-refractivity contribution is -0.130. The van der Waals surface area contributed by atoms with E-state index in [9.17, 15) is 9.59 Å². The molecule has 1 heterocycles. The minimum absolute atomic E-state index is 0.336. The molecule has 1 aromatic rings. The molecule has 1 atom stereocenters. The number of benzene rings is 1. The summed E-state index contributed by atoms with van der Waals surface area (Å²) >= 11 is 3.33. The highest BCUT2D eigenvalue weighted by atomic mass is 79.9. The zero-order valence-electron chi connectivity index (χ0n) is 11.4. The van der Waals surface area contributed by atoms with Crippen molar-refractivity contribution in [3.8, 4) is 0 Å². The standard InChI is InChI=1S/C15H16BrN3O2/c16-10-5-3-9(4-6-10)11-12(20)18-14(19-13(11)21)15(17)7-1-2-8-15/h3-6,11H,1-2,7-8,17H2,(H,18,19,20,21). The van der Waals surface area contributed by atoms with Crippen LogP contribution < -0.4 is 11.1 Å². The quantitative estimate of drug-likeness (QED) is 0.799. The van der Waals surface area contributed by atoms with Crippen molar-refractivity contribution in [2.24, 2.45) is 10.7 Å². The summed E-state index contributed by atoms with van der Waals surface area (Å²) in [4.78, 5) is 28.7. The Morgan fingerprint density at radius 2 is 1.81 bits per heavy atom. The minimum Gasteiger partial charge on any atom is -0.319 e. The Labute approximate surface area is 131 Å². The average molecular weight is 350 g/mol. The predicted octanol–water partition coefficient (Wildman–Crippen LogP) is 1.86. The van der Waals surface area contributed by atoms with Gasteiger partial charge in [0.1, 0.15) is 11.8 Å². The monoisotopic (exact) mass is 349 g/mol. The molecule has 0 radical (unpaired) electrons. The summed E-state index contributed by atoms with van der Waals surface area (Å²) in [5.41, 5.74) is 6.24. The van der Waals surface area contributed by atoms with Gasteiger partial charge in [0.15, 0.2) is 0 Å². The molecule has 1 aliphatic carbocycles. The van der Waals surface area contributed by atoms with Gasteiger partial charge < -0.3 is 11.1 Å². The first-order chi connectivity index (χ1) is 9.99. The number of nitrogens with zero attached hydrogens (tertiary/aromatic N) is 1. The highest BCUT2D eigenvalue weighted by molar-refractivity contribution is 9.10. The second-order valence-electron chi connectivity index (χ2n) is 5.64. The Balaban J connectivity index is 1.90. The van der Waals surface area contributed by atoms with Crippen LogP contribution in [0.25, 0.3) is 0 Å². The summed E-state index contributed by atoms with van der Waals surface area (Å²) in [5, 5.41) is 2.75. The van der Waals surface area contributed by atoms with Crippen molar-refractivity contribution < 1.29 is 9.59 Å². The molecule has 21 heavy (non-hydrogen) atoms. The van der Waals surface area contributed by atoms with Crippen LogP contribution in [0.5, 0.6) is 0 Å². The smallest absolute Gasteiger partial charge is 0.264 e. The Hall–Kier alpha value is -1.53. The molecule has 1 fully saturated rings. The van der Waals surface area contributed by atoms with Gasteiger partial charge in [0, 0.05) is 4.47 Å². The van der Waals surface area contributed by atoms with Gasteiger partial charge in [-0.3, -0.25) is 9.59 Å². The number of halogens is 1. The zero-order valence-corrected chi connectivity index (χ0v) is 13.0. The van der Waals surface area contributed by atoms with Crippen molar-refractivity contribution >= 4 is 33.6 Å². The van der Waals surface area contributed by atoms with Crippen LogP contribution >= 0.6 is 15.9 Å². The van der Waals surface area contributed by atoms with E-state index in [-0.39, 0.29) is 5.91 Å². The van der Waals surface area contributed by atoms with Crippen molar-refractivity contribution in [1.29, 1.82) is 0 Å². The Morgan fingerprint density at radius 1 is 1.19 bits per heavy atom. The van der Waals surface area contributed by atoms with E-state index in [1.165, 1.54) is 0 Å². The number of carbonyl (C=O) groups excluding carboxylic acids is 2. The SMILES string of the molecule is NC1(C2=NC(=O)C(c3ccc(Br)cc3)C(=O)N2)CCCC1. The summed E-state index contributed by atoms with van der Waals surface area (Å²) in [6.07, 6.45) is 3.50. The summed E-state index contributed by atoms with van der Waals surface area (Å²) in [7, 11) is 0. The van der Waals surface area contributed by atoms with E-state index in [0.717, 1.165) is 30.2 Å². The highest BCUT2D eigenvalue weighted by Crippen LogP contribution is 2.30. The van der Waals surface area contributed by atoms with Crippen LogP contribution in [0.15, 0.2) is 33.7 Å². The van der Waals surface area contributed by atoms with E-state index < -0.39 is 17.4 Å². The molecule has 1 aliphatic heterocycles. The van der Waals surface area contributed by atoms with Crippen molar-refractivity contribution in [2.75, 3.05) is 0 Å². The molecule has 3 rings (SSSR count). The van der Waals surface area contributed by atoms with Gasteiger partial charge >= 0.3 is 0 Å². The normalized spacial score (nSPS) is 24.7. The van der Waals surface area contributed by atoms with Gasteiger partial charge in [-0.15, -0.1) is 0 Å². The number of amides is 2. The zero-order chi connectivity index (χ0) is 15.0. The molecule has 0 saturated heterocycles. The fraction of sp³-hybridized carbons (Fsp3) is 0.400. The van der Waals surface area contributed by atoms with Crippen LogP contribution in [0.4, 0.5) is 0 Å². The lowest BCUT2D eigenvalue weighted by Gasteiger charge is -2.30. The Morgan fingerprint density at radius 3 is 2.38 bits per heavy atom. The number of aliphatic imine (C=N–C) groups is 1. The third-order valence-electron chi connectivity index (χ3n) is 4.14. The van der Waals surface area contributed by atoms with Crippen LogP contribution in [0.2, 0.25) is 0 Å². The second kappa shape index (κ2) is 5.35. The summed E-state index contributed by atoms with van der Waals surface area (Å²) in [6.45, 7) is 0. The van der Waals surface area contributed by atoms with Crippen molar-refractivity contribution in [2.45, 2.75) is 37.1 Å². The Bertz CT molecular complexity index is 618. The second-order valence-corrected chi connectivity index (χ2v) is 6.55. The van der Waals surface area contributed by atoms with Crippen LogP contribution in [-0.2, 0) is 9.59 Å². The van der Waals surface area contributed by atoms with Gasteiger partial charge in [-0.2, -0.15) is 4.99 Å². The molecule has 2 amide bonds. The van der Waals surface area contributed by atoms with E-state index in [1.54, 1.807) is 24.3 Å². The van der Waals surface area contributed by atoms with Gasteiger partial charge in [0.2, 0.25) is 5.91 Å². The summed E-state index contributed by atoms with van der Waals surface area (Å²) < 4.78 is 0.894. The topological polar surface area (TPSA) is 84.5 Å². The molecule has 6 heteroatoms. The summed E-state index contributed by atoms with van der Waals surface area (Å²) in [5.74, 6) is -1.33. The lowest BCUT2D eigenvalue weighted by Crippen LogP contribution is -2.57. The van der Waals surface area contributed by atoms with Crippen molar-refractivity contribution in [3.05, 3.63) is 34.3 Å². The molecule has 0 spiro atoms. The van der Waals surface area contributed by atoms with E-state index in [0.29, 0.717) is 11.4 Å². The third-order valence-corrected chi connectivity index (χ3v) is 4.67. The summed E-state index contributed by atoms with van der Waals surface area (Å²) in [6, 6.07) is 7.11. The van der Waals surface area contributed by atoms with Gasteiger partial charge in [-0.05, 0) is 30.5 Å². The van der Waals surface area contributed by atoms with E-state index >= 15 is 0 Å². The van der Waals surface area contributed by atoms with Crippen LogP contribution in [0.3, 0.4) is 0 Å². The van der Waals surface area contributed by atoms with Gasteiger partial charge in [0.25, 0.3) is 5.91 Å². The lowest BCUT2D eigenvalue weighted by atomic mass is 9.92. The maximum Gasteiger partial charge on any atom is 0.264 e. The average Bonchev–Trinajstić information content (AvgIpc) is 2.88. The number of rotatable bonds is 2. The molecule has 0 bridgehead atoms. The molecule has 2 aliphatic rings. The van der Waals surface area contributed by atoms with Gasteiger partial charge in [-0.1, -0.05) is 40.9 Å². The molecule has 5 nitrogen and oxygen atoms in total. The van der Waals surface area contributed by atoms with Crippen LogP contribution in [-0.4, -0.2) is 23.2 Å². The molecule has 1 unspecified atom stereocenters. The number of nitrogens with two attached hydrogens (primary N) is 1. The first-order valence-electron chi connectivity index (χ1n) is 6.98. The number of hydrogen-bond donors (Lipinski definition) is 2. The first-order valence-corrected chi connectivity index (χ1v) is 7.77. The fourth-order valence-corrected chi connectivity index (χ4v) is 3.20. The minimum atomic E-state index is -0.883. The van der Waals surface area contributed by atoms with Crippen LogP contribution in [0.1, 0.15) is 37.2 Å². The molecule has 110 valence electrons. The van der Waals surface area contributed by atoms with E-state index in [1.807, 2.05) is 0 Å². The highest BCUT2D eigenvalue weighted by Gasteiger charge is 2.42. The Kier molecular flexibility index (Phi) is 3.67.